The average Bonchev–Trinajstić information content (AvgIpc) is 2.99. The molecule has 1 fully saturated rings. The Bertz CT molecular complexity index is 648. The maximum absolute atomic E-state index is 12.6. The van der Waals surface area contributed by atoms with Crippen molar-refractivity contribution in [2.24, 2.45) is 0 Å². The molecule has 110 valence electrons. The van der Waals surface area contributed by atoms with Crippen LogP contribution in [0.3, 0.4) is 0 Å². The summed E-state index contributed by atoms with van der Waals surface area (Å²) in [5.41, 5.74) is 1.57. The van der Waals surface area contributed by atoms with Gasteiger partial charge in [0.25, 0.3) is 5.91 Å². The summed E-state index contributed by atoms with van der Waals surface area (Å²) in [6.45, 7) is 2.81. The number of pyridine rings is 1. The molecule has 21 heavy (non-hydrogen) atoms. The largest absolute Gasteiger partial charge is 0.370 e. The van der Waals surface area contributed by atoms with Gasteiger partial charge in [0.1, 0.15) is 5.82 Å². The van der Waals surface area contributed by atoms with Crippen LogP contribution in [0.15, 0.2) is 30.3 Å². The Labute approximate surface area is 125 Å². The normalized spacial score (nSPS) is 15.3. The first-order valence-corrected chi connectivity index (χ1v) is 7.72. The number of aromatic nitrogens is 1. The number of benzene rings is 1. The number of anilines is 1. The number of carbonyl (C=O) groups is 1. The van der Waals surface area contributed by atoms with Crippen molar-refractivity contribution in [2.75, 3.05) is 11.9 Å². The lowest BCUT2D eigenvalue weighted by molar-refractivity contribution is 0.0939. The zero-order chi connectivity index (χ0) is 14.7. The second kappa shape index (κ2) is 6.12. The zero-order valence-corrected chi connectivity index (χ0v) is 12.4. The number of para-hydroxylation sites is 1. The molecule has 4 heteroatoms. The molecule has 1 aromatic heterocycles. The van der Waals surface area contributed by atoms with E-state index in [1.54, 1.807) is 0 Å². The van der Waals surface area contributed by atoms with Crippen LogP contribution < -0.4 is 10.6 Å². The van der Waals surface area contributed by atoms with E-state index in [9.17, 15) is 4.79 Å². The molecule has 1 amide bonds. The van der Waals surface area contributed by atoms with Crippen LogP contribution in [-0.4, -0.2) is 23.5 Å². The van der Waals surface area contributed by atoms with E-state index in [1.807, 2.05) is 37.3 Å². The van der Waals surface area contributed by atoms with E-state index in [4.69, 9.17) is 0 Å². The molecule has 0 unspecified atom stereocenters. The quantitative estimate of drug-likeness (QED) is 0.905. The topological polar surface area (TPSA) is 54.0 Å². The van der Waals surface area contributed by atoms with Crippen molar-refractivity contribution in [3.8, 4) is 0 Å². The molecule has 0 aliphatic heterocycles. The molecule has 3 rings (SSSR count). The third-order valence-electron chi connectivity index (χ3n) is 4.01. The number of hydrogen-bond donors (Lipinski definition) is 2. The molecule has 1 aromatic carbocycles. The number of nitrogens with one attached hydrogen (secondary N) is 2. The summed E-state index contributed by atoms with van der Waals surface area (Å²) in [7, 11) is 0. The standard InChI is InChI=1S/C17H21N3O/c1-2-18-16-11-14(13-9-5-6-10-15(13)20-16)17(21)19-12-7-3-4-8-12/h5-6,9-12H,2-4,7-8H2,1H3,(H,18,20)(H,19,21). The van der Waals surface area contributed by atoms with Crippen LogP contribution in [0.2, 0.25) is 0 Å². The van der Waals surface area contributed by atoms with E-state index in [1.165, 1.54) is 12.8 Å². The first kappa shape index (κ1) is 13.9. The maximum Gasteiger partial charge on any atom is 0.252 e. The van der Waals surface area contributed by atoms with Gasteiger partial charge in [-0.1, -0.05) is 31.0 Å². The molecule has 1 saturated carbocycles. The Morgan fingerprint density at radius 2 is 2.05 bits per heavy atom. The molecule has 0 radical (unpaired) electrons. The predicted octanol–water partition coefficient (Wildman–Crippen LogP) is 3.34. The van der Waals surface area contributed by atoms with E-state index in [0.29, 0.717) is 11.6 Å². The molecule has 1 aliphatic rings. The molecule has 0 spiro atoms. The average molecular weight is 283 g/mol. The molecule has 4 nitrogen and oxygen atoms in total. The van der Waals surface area contributed by atoms with Crippen LogP contribution in [0.1, 0.15) is 43.0 Å². The molecule has 0 bridgehead atoms. The fraction of sp³-hybridized carbons (Fsp3) is 0.412. The summed E-state index contributed by atoms with van der Waals surface area (Å²) < 4.78 is 0. The molecule has 0 atom stereocenters. The van der Waals surface area contributed by atoms with Gasteiger partial charge in [0.15, 0.2) is 0 Å². The second-order valence-electron chi connectivity index (χ2n) is 5.56. The van der Waals surface area contributed by atoms with Gasteiger partial charge < -0.3 is 10.6 Å². The summed E-state index contributed by atoms with van der Waals surface area (Å²) in [5.74, 6) is 0.771. The number of rotatable bonds is 4. The predicted molar refractivity (Wildman–Crippen MR) is 85.6 cm³/mol. The van der Waals surface area contributed by atoms with Crippen molar-refractivity contribution < 1.29 is 4.79 Å². The smallest absolute Gasteiger partial charge is 0.252 e. The summed E-state index contributed by atoms with van der Waals surface area (Å²) >= 11 is 0. The molecular formula is C17H21N3O. The Kier molecular flexibility index (Phi) is 4.04. The molecule has 1 heterocycles. The van der Waals surface area contributed by atoms with Crippen LogP contribution in [0.5, 0.6) is 0 Å². The van der Waals surface area contributed by atoms with Crippen LogP contribution in [0, 0.1) is 0 Å². The van der Waals surface area contributed by atoms with Crippen molar-refractivity contribution in [3.05, 3.63) is 35.9 Å². The number of carbonyl (C=O) groups excluding carboxylic acids is 1. The van der Waals surface area contributed by atoms with Crippen LogP contribution in [0.25, 0.3) is 10.9 Å². The highest BCUT2D eigenvalue weighted by atomic mass is 16.1. The van der Waals surface area contributed by atoms with Crippen LogP contribution in [0.4, 0.5) is 5.82 Å². The lowest BCUT2D eigenvalue weighted by atomic mass is 10.1. The van der Waals surface area contributed by atoms with Gasteiger partial charge in [-0.05, 0) is 31.9 Å². The number of hydrogen-bond acceptors (Lipinski definition) is 3. The number of nitrogens with zero attached hydrogens (tertiary/aromatic N) is 1. The Morgan fingerprint density at radius 1 is 1.29 bits per heavy atom. The summed E-state index contributed by atoms with van der Waals surface area (Å²) in [4.78, 5) is 17.2. The van der Waals surface area contributed by atoms with E-state index in [2.05, 4.69) is 15.6 Å². The van der Waals surface area contributed by atoms with Gasteiger partial charge >= 0.3 is 0 Å². The summed E-state index contributed by atoms with van der Waals surface area (Å²) in [6.07, 6.45) is 4.61. The molecule has 0 saturated heterocycles. The minimum Gasteiger partial charge on any atom is -0.370 e. The van der Waals surface area contributed by atoms with Gasteiger partial charge in [-0.15, -0.1) is 0 Å². The SMILES string of the molecule is CCNc1cc(C(=O)NC2CCCC2)c2ccccc2n1. The maximum atomic E-state index is 12.6. The Balaban J connectivity index is 1.96. The van der Waals surface area contributed by atoms with Crippen molar-refractivity contribution in [2.45, 2.75) is 38.6 Å². The van der Waals surface area contributed by atoms with Gasteiger partial charge in [0, 0.05) is 18.0 Å². The van der Waals surface area contributed by atoms with Gasteiger partial charge in [-0.2, -0.15) is 0 Å². The van der Waals surface area contributed by atoms with Gasteiger partial charge in [-0.25, -0.2) is 4.98 Å². The fourth-order valence-corrected chi connectivity index (χ4v) is 2.97. The minimum atomic E-state index is 0.0136. The highest BCUT2D eigenvalue weighted by Crippen LogP contribution is 2.23. The molecule has 2 N–H and O–H groups in total. The monoisotopic (exact) mass is 283 g/mol. The molecule has 1 aliphatic carbocycles. The highest BCUT2D eigenvalue weighted by Gasteiger charge is 2.19. The van der Waals surface area contributed by atoms with Crippen molar-refractivity contribution in [3.63, 3.8) is 0 Å². The first-order chi connectivity index (χ1) is 10.3. The third-order valence-corrected chi connectivity index (χ3v) is 4.01. The van der Waals surface area contributed by atoms with Crippen molar-refractivity contribution in [1.29, 1.82) is 0 Å². The van der Waals surface area contributed by atoms with Crippen molar-refractivity contribution >= 4 is 22.6 Å². The number of fused-ring (bicyclic) bond motifs is 1. The number of amides is 1. The second-order valence-corrected chi connectivity index (χ2v) is 5.56. The van der Waals surface area contributed by atoms with Crippen LogP contribution >= 0.6 is 0 Å². The fourth-order valence-electron chi connectivity index (χ4n) is 2.97. The Hall–Kier alpha value is -2.10. The third kappa shape index (κ3) is 2.99. The van der Waals surface area contributed by atoms with E-state index >= 15 is 0 Å². The van der Waals surface area contributed by atoms with E-state index < -0.39 is 0 Å². The van der Waals surface area contributed by atoms with E-state index in [-0.39, 0.29) is 5.91 Å². The van der Waals surface area contributed by atoms with E-state index in [0.717, 1.165) is 36.1 Å². The summed E-state index contributed by atoms with van der Waals surface area (Å²) in [6, 6.07) is 9.99. The van der Waals surface area contributed by atoms with Gasteiger partial charge in [0.2, 0.25) is 0 Å². The zero-order valence-electron chi connectivity index (χ0n) is 12.4. The lowest BCUT2D eigenvalue weighted by Crippen LogP contribution is -2.32. The molecular weight excluding hydrogens is 262 g/mol. The summed E-state index contributed by atoms with van der Waals surface area (Å²) in [5, 5.41) is 7.27. The van der Waals surface area contributed by atoms with Gasteiger partial charge in [-0.3, -0.25) is 4.79 Å². The minimum absolute atomic E-state index is 0.0136. The highest BCUT2D eigenvalue weighted by molar-refractivity contribution is 6.07. The van der Waals surface area contributed by atoms with Crippen LogP contribution in [-0.2, 0) is 0 Å². The Morgan fingerprint density at radius 3 is 2.81 bits per heavy atom. The first-order valence-electron chi connectivity index (χ1n) is 7.72. The van der Waals surface area contributed by atoms with Gasteiger partial charge in [0.05, 0.1) is 11.1 Å². The van der Waals surface area contributed by atoms with Crippen molar-refractivity contribution in [1.82, 2.24) is 10.3 Å². The molecule has 2 aromatic rings. The lowest BCUT2D eigenvalue weighted by Gasteiger charge is -2.14.